The summed E-state index contributed by atoms with van der Waals surface area (Å²) in [6.07, 6.45) is 0. The molecule has 0 saturated heterocycles. The van der Waals surface area contributed by atoms with Crippen LogP contribution in [0.5, 0.6) is 11.5 Å². The molecule has 2 aromatic carbocycles. The van der Waals surface area contributed by atoms with Crippen molar-refractivity contribution in [3.63, 3.8) is 0 Å². The third kappa shape index (κ3) is 4.18. The third-order valence-electron chi connectivity index (χ3n) is 3.84. The van der Waals surface area contributed by atoms with Gasteiger partial charge in [0.2, 0.25) is 0 Å². The van der Waals surface area contributed by atoms with Crippen molar-refractivity contribution in [3.05, 3.63) is 76.7 Å². The maximum atomic E-state index is 12.3. The van der Waals surface area contributed by atoms with Crippen molar-refractivity contribution < 1.29 is 18.7 Å². The van der Waals surface area contributed by atoms with Gasteiger partial charge in [-0.15, -0.1) is 0 Å². The fraction of sp³-hybridized carbons (Fsp3) is 0.150. The molecular formula is C20H18ClNO4. The number of benzene rings is 2. The first-order valence-corrected chi connectivity index (χ1v) is 8.36. The highest BCUT2D eigenvalue weighted by Crippen LogP contribution is 2.24. The normalized spacial score (nSPS) is 10.4. The Morgan fingerprint density at radius 3 is 2.54 bits per heavy atom. The average molecular weight is 372 g/mol. The van der Waals surface area contributed by atoms with E-state index in [1.807, 2.05) is 19.1 Å². The highest BCUT2D eigenvalue weighted by molar-refractivity contribution is 6.31. The molecule has 3 rings (SSSR count). The lowest BCUT2D eigenvalue weighted by Crippen LogP contribution is -2.12. The summed E-state index contributed by atoms with van der Waals surface area (Å²) >= 11 is 6.07. The Morgan fingerprint density at radius 2 is 1.81 bits per heavy atom. The molecule has 0 aliphatic heterocycles. The first-order chi connectivity index (χ1) is 12.6. The van der Waals surface area contributed by atoms with Gasteiger partial charge in [-0.1, -0.05) is 17.7 Å². The molecule has 0 aliphatic carbocycles. The van der Waals surface area contributed by atoms with Crippen LogP contribution < -0.4 is 14.8 Å². The van der Waals surface area contributed by atoms with Crippen LogP contribution in [0.25, 0.3) is 0 Å². The van der Waals surface area contributed by atoms with Crippen molar-refractivity contribution in [2.75, 3.05) is 12.4 Å². The number of carbonyl (C=O) groups is 1. The zero-order chi connectivity index (χ0) is 18.5. The van der Waals surface area contributed by atoms with Crippen LogP contribution in [0, 0.1) is 6.92 Å². The summed E-state index contributed by atoms with van der Waals surface area (Å²) in [6.45, 7) is 2.06. The standard InChI is InChI=1S/C20H18ClNO4/c1-13-17(21)4-3-5-18(13)22-20(23)19-11-10-16(26-19)12-25-15-8-6-14(24-2)7-9-15/h3-11H,12H2,1-2H3,(H,22,23). The van der Waals surface area contributed by atoms with Crippen LogP contribution >= 0.6 is 11.6 Å². The van der Waals surface area contributed by atoms with Crippen molar-refractivity contribution in [3.8, 4) is 11.5 Å². The molecule has 0 radical (unpaired) electrons. The number of ether oxygens (including phenoxy) is 2. The largest absolute Gasteiger partial charge is 0.497 e. The quantitative estimate of drug-likeness (QED) is 0.656. The fourth-order valence-corrected chi connectivity index (χ4v) is 2.51. The number of amides is 1. The van der Waals surface area contributed by atoms with E-state index in [1.165, 1.54) is 0 Å². The lowest BCUT2D eigenvalue weighted by atomic mass is 10.2. The van der Waals surface area contributed by atoms with E-state index in [0.29, 0.717) is 22.2 Å². The van der Waals surface area contributed by atoms with E-state index < -0.39 is 0 Å². The molecule has 1 heterocycles. The van der Waals surface area contributed by atoms with Crippen molar-refractivity contribution in [2.24, 2.45) is 0 Å². The minimum absolute atomic E-state index is 0.206. The van der Waals surface area contributed by atoms with Crippen molar-refractivity contribution in [2.45, 2.75) is 13.5 Å². The number of hydrogen-bond donors (Lipinski definition) is 1. The number of furan rings is 1. The Hall–Kier alpha value is -2.92. The summed E-state index contributed by atoms with van der Waals surface area (Å²) in [4.78, 5) is 12.3. The topological polar surface area (TPSA) is 60.7 Å². The van der Waals surface area contributed by atoms with Crippen LogP contribution in [0.1, 0.15) is 21.9 Å². The summed E-state index contributed by atoms with van der Waals surface area (Å²) < 4.78 is 16.3. The van der Waals surface area contributed by atoms with Gasteiger partial charge in [0.05, 0.1) is 7.11 Å². The summed E-state index contributed by atoms with van der Waals surface area (Å²) in [7, 11) is 1.61. The summed E-state index contributed by atoms with van der Waals surface area (Å²) in [5.41, 5.74) is 1.45. The monoisotopic (exact) mass is 371 g/mol. The number of methoxy groups -OCH3 is 1. The van der Waals surface area contributed by atoms with Crippen LogP contribution in [-0.2, 0) is 6.61 Å². The van der Waals surface area contributed by atoms with Gasteiger partial charge in [0.15, 0.2) is 5.76 Å². The van der Waals surface area contributed by atoms with Crippen molar-refractivity contribution in [1.29, 1.82) is 0 Å². The summed E-state index contributed by atoms with van der Waals surface area (Å²) in [5, 5.41) is 3.39. The Morgan fingerprint density at radius 1 is 1.08 bits per heavy atom. The average Bonchev–Trinajstić information content (AvgIpc) is 3.13. The molecule has 0 unspecified atom stereocenters. The second-order valence-corrected chi connectivity index (χ2v) is 6.00. The molecule has 0 atom stereocenters. The molecule has 0 fully saturated rings. The lowest BCUT2D eigenvalue weighted by Gasteiger charge is -2.08. The third-order valence-corrected chi connectivity index (χ3v) is 4.25. The number of hydrogen-bond acceptors (Lipinski definition) is 4. The molecule has 3 aromatic rings. The lowest BCUT2D eigenvalue weighted by molar-refractivity contribution is 0.0992. The highest BCUT2D eigenvalue weighted by Gasteiger charge is 2.13. The predicted octanol–water partition coefficient (Wildman–Crippen LogP) is 5.08. The van der Waals surface area contributed by atoms with Crippen LogP contribution in [0.3, 0.4) is 0 Å². The molecule has 0 saturated carbocycles. The van der Waals surface area contributed by atoms with Gasteiger partial charge in [0.1, 0.15) is 23.9 Å². The van der Waals surface area contributed by atoms with Gasteiger partial charge in [-0.3, -0.25) is 4.79 Å². The van der Waals surface area contributed by atoms with E-state index >= 15 is 0 Å². The molecule has 134 valence electrons. The molecular weight excluding hydrogens is 354 g/mol. The molecule has 0 aliphatic rings. The molecule has 26 heavy (non-hydrogen) atoms. The van der Waals surface area contributed by atoms with Crippen molar-refractivity contribution in [1.82, 2.24) is 0 Å². The minimum Gasteiger partial charge on any atom is -0.497 e. The van der Waals surface area contributed by atoms with Crippen molar-refractivity contribution >= 4 is 23.2 Å². The van der Waals surface area contributed by atoms with Crippen LogP contribution in [0.2, 0.25) is 5.02 Å². The van der Waals surface area contributed by atoms with Gasteiger partial charge in [0.25, 0.3) is 5.91 Å². The van der Waals surface area contributed by atoms with Gasteiger partial charge < -0.3 is 19.2 Å². The maximum Gasteiger partial charge on any atom is 0.291 e. The molecule has 1 N–H and O–H groups in total. The zero-order valence-electron chi connectivity index (χ0n) is 14.4. The van der Waals surface area contributed by atoms with E-state index in [9.17, 15) is 4.79 Å². The Bertz CT molecular complexity index is 902. The van der Waals surface area contributed by atoms with E-state index in [2.05, 4.69) is 5.32 Å². The molecule has 6 heteroatoms. The van der Waals surface area contributed by atoms with E-state index in [0.717, 1.165) is 11.3 Å². The predicted molar refractivity (Wildman–Crippen MR) is 100 cm³/mol. The Balaban J connectivity index is 1.61. The fourth-order valence-electron chi connectivity index (χ4n) is 2.33. The first-order valence-electron chi connectivity index (χ1n) is 7.99. The Kier molecular flexibility index (Phi) is 5.49. The number of rotatable bonds is 6. The number of carbonyl (C=O) groups excluding carboxylic acids is 1. The summed E-state index contributed by atoms with van der Waals surface area (Å²) in [6, 6.07) is 15.9. The molecule has 5 nitrogen and oxygen atoms in total. The first kappa shape index (κ1) is 17.9. The van der Waals surface area contributed by atoms with Gasteiger partial charge >= 0.3 is 0 Å². The molecule has 0 spiro atoms. The van der Waals surface area contributed by atoms with Gasteiger partial charge in [0, 0.05) is 10.7 Å². The van der Waals surface area contributed by atoms with Crippen LogP contribution in [0.15, 0.2) is 59.0 Å². The highest BCUT2D eigenvalue weighted by atomic mass is 35.5. The Labute approximate surface area is 156 Å². The molecule has 1 amide bonds. The maximum absolute atomic E-state index is 12.3. The molecule has 1 aromatic heterocycles. The second kappa shape index (κ2) is 7.97. The van der Waals surface area contributed by atoms with E-state index in [-0.39, 0.29) is 18.3 Å². The second-order valence-electron chi connectivity index (χ2n) is 5.60. The van der Waals surface area contributed by atoms with Crippen LogP contribution in [0.4, 0.5) is 5.69 Å². The number of anilines is 1. The minimum atomic E-state index is -0.342. The SMILES string of the molecule is COc1ccc(OCc2ccc(C(=O)Nc3cccc(Cl)c3C)o2)cc1. The zero-order valence-corrected chi connectivity index (χ0v) is 15.2. The number of halogens is 1. The number of nitrogens with one attached hydrogen (secondary N) is 1. The van der Waals surface area contributed by atoms with Gasteiger partial charge in [-0.05, 0) is 61.0 Å². The van der Waals surface area contributed by atoms with Gasteiger partial charge in [-0.2, -0.15) is 0 Å². The van der Waals surface area contributed by atoms with E-state index in [1.54, 1.807) is 49.6 Å². The van der Waals surface area contributed by atoms with E-state index in [4.69, 9.17) is 25.5 Å². The molecule has 0 bridgehead atoms. The smallest absolute Gasteiger partial charge is 0.291 e. The van der Waals surface area contributed by atoms with Gasteiger partial charge in [-0.25, -0.2) is 0 Å². The van der Waals surface area contributed by atoms with Crippen LogP contribution in [-0.4, -0.2) is 13.0 Å². The summed E-state index contributed by atoms with van der Waals surface area (Å²) in [5.74, 6) is 1.85.